The number of hydrogen-bond donors (Lipinski definition) is 1. The maximum absolute atomic E-state index is 13.5. The highest BCUT2D eigenvalue weighted by Gasteiger charge is 2.05. The molecule has 0 bridgehead atoms. The lowest BCUT2D eigenvalue weighted by Crippen LogP contribution is -1.99. The van der Waals surface area contributed by atoms with E-state index in [1.807, 2.05) is 41.1 Å². The molecule has 104 valence electrons. The van der Waals surface area contributed by atoms with Crippen molar-refractivity contribution in [1.29, 1.82) is 5.26 Å². The summed E-state index contributed by atoms with van der Waals surface area (Å²) in [7, 11) is 0. The van der Waals surface area contributed by atoms with Crippen LogP contribution in [0.25, 0.3) is 10.9 Å². The number of benzene rings is 2. The van der Waals surface area contributed by atoms with Gasteiger partial charge in [-0.05, 0) is 46.8 Å². The molecule has 0 aliphatic carbocycles. The zero-order chi connectivity index (χ0) is 14.8. The Morgan fingerprint density at radius 2 is 1.95 bits per heavy atom. The molecule has 0 radical (unpaired) electrons. The molecule has 3 rings (SSSR count). The van der Waals surface area contributed by atoms with Crippen molar-refractivity contribution in [3.05, 3.63) is 71.2 Å². The molecular formula is C17H13FN2O. The molecular weight excluding hydrogens is 267 g/mol. The first-order valence-corrected chi connectivity index (χ1v) is 6.58. The molecule has 0 saturated heterocycles. The van der Waals surface area contributed by atoms with E-state index in [2.05, 4.69) is 0 Å². The van der Waals surface area contributed by atoms with Crippen LogP contribution in [0.1, 0.15) is 16.7 Å². The molecule has 0 fully saturated rings. The van der Waals surface area contributed by atoms with Gasteiger partial charge in [0, 0.05) is 18.3 Å². The number of halogens is 1. The Hall–Kier alpha value is -2.64. The molecule has 1 heterocycles. The first-order valence-electron chi connectivity index (χ1n) is 6.58. The van der Waals surface area contributed by atoms with Gasteiger partial charge in [0.2, 0.25) is 0 Å². The zero-order valence-corrected chi connectivity index (χ0v) is 11.3. The third kappa shape index (κ3) is 2.64. The number of fused-ring (bicyclic) bond motifs is 1. The molecule has 0 unspecified atom stereocenters. The molecule has 21 heavy (non-hydrogen) atoms. The fraction of sp³-hybridized carbons (Fsp3) is 0.118. The maximum Gasteiger partial charge on any atom is 0.124 e. The summed E-state index contributed by atoms with van der Waals surface area (Å²) in [5.74, 6) is -0.406. The van der Waals surface area contributed by atoms with E-state index in [0.717, 1.165) is 22.0 Å². The van der Waals surface area contributed by atoms with Crippen LogP contribution in [0, 0.1) is 17.1 Å². The lowest BCUT2D eigenvalue weighted by Gasteiger charge is -2.07. The van der Waals surface area contributed by atoms with Crippen molar-refractivity contribution < 1.29 is 9.50 Å². The second-order valence-corrected chi connectivity index (χ2v) is 4.95. The van der Waals surface area contributed by atoms with Crippen molar-refractivity contribution in [3.8, 4) is 6.07 Å². The normalized spacial score (nSPS) is 10.7. The summed E-state index contributed by atoms with van der Waals surface area (Å²) in [6, 6.07) is 14.0. The van der Waals surface area contributed by atoms with Gasteiger partial charge in [-0.15, -0.1) is 0 Å². The van der Waals surface area contributed by atoms with Crippen LogP contribution in [0.5, 0.6) is 0 Å². The molecule has 0 atom stereocenters. The monoisotopic (exact) mass is 280 g/mol. The van der Waals surface area contributed by atoms with Crippen molar-refractivity contribution in [2.45, 2.75) is 13.2 Å². The predicted octanol–water partition coefficient (Wildman–Crippen LogP) is 3.19. The number of rotatable bonds is 3. The largest absolute Gasteiger partial charge is 0.392 e. The van der Waals surface area contributed by atoms with E-state index in [1.165, 1.54) is 12.1 Å². The topological polar surface area (TPSA) is 49.0 Å². The van der Waals surface area contributed by atoms with Gasteiger partial charge in [0.15, 0.2) is 0 Å². The molecule has 2 aromatic carbocycles. The van der Waals surface area contributed by atoms with E-state index in [0.29, 0.717) is 12.1 Å². The first kappa shape index (κ1) is 13.3. The molecule has 0 saturated carbocycles. The molecule has 0 aliphatic heterocycles. The number of hydrogen-bond acceptors (Lipinski definition) is 2. The van der Waals surface area contributed by atoms with E-state index in [4.69, 9.17) is 5.26 Å². The number of nitrogens with zero attached hydrogens (tertiary/aromatic N) is 2. The van der Waals surface area contributed by atoms with Gasteiger partial charge in [0.25, 0.3) is 0 Å². The Balaban J connectivity index is 2.02. The number of aliphatic hydroxyl groups excluding tert-OH is 1. The van der Waals surface area contributed by atoms with E-state index >= 15 is 0 Å². The van der Waals surface area contributed by atoms with Crippen LogP contribution < -0.4 is 0 Å². The molecule has 1 aromatic heterocycles. The highest BCUT2D eigenvalue weighted by atomic mass is 19.1. The van der Waals surface area contributed by atoms with E-state index in [9.17, 15) is 9.50 Å². The third-order valence-corrected chi connectivity index (χ3v) is 3.46. The van der Waals surface area contributed by atoms with Crippen LogP contribution in [0.15, 0.2) is 48.7 Å². The summed E-state index contributed by atoms with van der Waals surface area (Å²) in [5.41, 5.74) is 2.86. The number of aromatic nitrogens is 1. The van der Waals surface area contributed by atoms with Gasteiger partial charge in [-0.25, -0.2) is 4.39 Å². The minimum absolute atomic E-state index is 0.0142. The maximum atomic E-state index is 13.5. The first-order chi connectivity index (χ1) is 10.2. The number of nitriles is 1. The summed E-state index contributed by atoms with van der Waals surface area (Å²) >= 11 is 0. The molecule has 0 aliphatic rings. The lowest BCUT2D eigenvalue weighted by atomic mass is 10.1. The van der Waals surface area contributed by atoms with Gasteiger partial charge < -0.3 is 9.67 Å². The second kappa shape index (κ2) is 5.39. The van der Waals surface area contributed by atoms with Crippen LogP contribution in [0.4, 0.5) is 4.39 Å². The van der Waals surface area contributed by atoms with Gasteiger partial charge in [0.1, 0.15) is 5.82 Å². The van der Waals surface area contributed by atoms with E-state index in [-0.39, 0.29) is 6.61 Å². The van der Waals surface area contributed by atoms with Gasteiger partial charge >= 0.3 is 0 Å². The Morgan fingerprint density at radius 1 is 1.10 bits per heavy atom. The second-order valence-electron chi connectivity index (χ2n) is 4.95. The van der Waals surface area contributed by atoms with E-state index < -0.39 is 5.82 Å². The average molecular weight is 280 g/mol. The third-order valence-electron chi connectivity index (χ3n) is 3.46. The Labute approximate surface area is 121 Å². The zero-order valence-electron chi connectivity index (χ0n) is 11.3. The molecule has 4 heteroatoms. The summed E-state index contributed by atoms with van der Waals surface area (Å²) in [4.78, 5) is 0. The molecule has 0 spiro atoms. The molecule has 3 aromatic rings. The van der Waals surface area contributed by atoms with Gasteiger partial charge in [-0.3, -0.25) is 0 Å². The Bertz CT molecular complexity index is 846. The van der Waals surface area contributed by atoms with Crippen LogP contribution in [-0.4, -0.2) is 9.67 Å². The van der Waals surface area contributed by atoms with Crippen molar-refractivity contribution >= 4 is 10.9 Å². The summed E-state index contributed by atoms with van der Waals surface area (Å²) < 4.78 is 15.5. The fourth-order valence-electron chi connectivity index (χ4n) is 2.47. The molecule has 0 amide bonds. The lowest BCUT2D eigenvalue weighted by molar-refractivity contribution is 0.282. The Morgan fingerprint density at radius 3 is 2.71 bits per heavy atom. The summed E-state index contributed by atoms with van der Waals surface area (Å²) in [5, 5.41) is 19.2. The minimum Gasteiger partial charge on any atom is -0.392 e. The summed E-state index contributed by atoms with van der Waals surface area (Å²) in [6.45, 7) is 0.463. The van der Waals surface area contributed by atoms with Crippen molar-refractivity contribution in [2.75, 3.05) is 0 Å². The van der Waals surface area contributed by atoms with Crippen LogP contribution in [0.2, 0.25) is 0 Å². The smallest absolute Gasteiger partial charge is 0.124 e. The van der Waals surface area contributed by atoms with Crippen molar-refractivity contribution in [1.82, 2.24) is 4.57 Å². The highest BCUT2D eigenvalue weighted by Crippen LogP contribution is 2.20. The van der Waals surface area contributed by atoms with Gasteiger partial charge in [-0.2, -0.15) is 5.26 Å². The molecule has 1 N–H and O–H groups in total. The van der Waals surface area contributed by atoms with E-state index in [1.54, 1.807) is 6.07 Å². The standard InChI is InChI=1S/C17H13FN2O/c18-16-6-13(9-19)5-14(7-16)10-20-4-3-15-2-1-12(11-21)8-17(15)20/h1-8,21H,10-11H2. The number of aliphatic hydroxyl groups is 1. The van der Waals surface area contributed by atoms with Crippen molar-refractivity contribution in [2.24, 2.45) is 0 Å². The fourth-order valence-corrected chi connectivity index (χ4v) is 2.47. The van der Waals surface area contributed by atoms with Crippen LogP contribution >= 0.6 is 0 Å². The SMILES string of the molecule is N#Cc1cc(F)cc(Cn2ccc3ccc(CO)cc32)c1. The van der Waals surface area contributed by atoms with Gasteiger partial charge in [-0.1, -0.05) is 12.1 Å². The van der Waals surface area contributed by atoms with Crippen LogP contribution in [-0.2, 0) is 13.2 Å². The minimum atomic E-state index is -0.406. The quantitative estimate of drug-likeness (QED) is 0.801. The van der Waals surface area contributed by atoms with Gasteiger partial charge in [0.05, 0.1) is 18.2 Å². The Kier molecular flexibility index (Phi) is 3.43. The summed E-state index contributed by atoms with van der Waals surface area (Å²) in [6.07, 6.45) is 1.92. The van der Waals surface area contributed by atoms with Crippen LogP contribution in [0.3, 0.4) is 0 Å². The molecule has 3 nitrogen and oxygen atoms in total. The van der Waals surface area contributed by atoms with Crippen molar-refractivity contribution in [3.63, 3.8) is 0 Å². The average Bonchev–Trinajstić information content (AvgIpc) is 2.88. The highest BCUT2D eigenvalue weighted by molar-refractivity contribution is 5.80. The predicted molar refractivity (Wildman–Crippen MR) is 78.1 cm³/mol.